The number of sulfonamides is 1. The number of fused-ring (bicyclic) bond motifs is 1. The van der Waals surface area contributed by atoms with Crippen molar-refractivity contribution in [3.05, 3.63) is 48.0 Å². The zero-order chi connectivity index (χ0) is 21.8. The quantitative estimate of drug-likeness (QED) is 0.685. The van der Waals surface area contributed by atoms with E-state index in [-0.39, 0.29) is 24.1 Å². The van der Waals surface area contributed by atoms with Crippen LogP contribution in [0.3, 0.4) is 0 Å². The average Bonchev–Trinajstić information content (AvgIpc) is 3.26. The second kappa shape index (κ2) is 9.13. The molecule has 166 valence electrons. The van der Waals surface area contributed by atoms with Crippen molar-refractivity contribution in [3.8, 4) is 17.2 Å². The Balaban J connectivity index is 1.34. The van der Waals surface area contributed by atoms with Crippen LogP contribution in [0.25, 0.3) is 0 Å². The first-order valence-corrected chi connectivity index (χ1v) is 11.4. The van der Waals surface area contributed by atoms with Crippen LogP contribution in [0.5, 0.6) is 17.2 Å². The first-order chi connectivity index (χ1) is 14.9. The number of ether oxygens (including phenoxy) is 4. The number of benzene rings is 2. The van der Waals surface area contributed by atoms with Gasteiger partial charge in [-0.2, -0.15) is 0 Å². The van der Waals surface area contributed by atoms with Gasteiger partial charge >= 0.3 is 0 Å². The van der Waals surface area contributed by atoms with Gasteiger partial charge in [0.1, 0.15) is 5.75 Å². The zero-order valence-corrected chi connectivity index (χ0v) is 17.9. The van der Waals surface area contributed by atoms with E-state index in [1.807, 2.05) is 0 Å². The summed E-state index contributed by atoms with van der Waals surface area (Å²) in [7, 11) is -3.72. The maximum Gasteiger partial charge on any atom is 0.263 e. The number of hydrogen-bond acceptors (Lipinski definition) is 7. The van der Waals surface area contributed by atoms with Crippen LogP contribution in [0, 0.1) is 0 Å². The fourth-order valence-corrected chi connectivity index (χ4v) is 4.32. The van der Waals surface area contributed by atoms with Crippen molar-refractivity contribution in [1.29, 1.82) is 0 Å². The second-order valence-electron chi connectivity index (χ2n) is 7.18. The third kappa shape index (κ3) is 5.09. The molecule has 31 heavy (non-hydrogen) atoms. The lowest BCUT2D eigenvalue weighted by Gasteiger charge is -2.29. The van der Waals surface area contributed by atoms with Crippen LogP contribution in [0.4, 0.5) is 0 Å². The van der Waals surface area contributed by atoms with E-state index < -0.39 is 16.1 Å². The lowest BCUT2D eigenvalue weighted by molar-refractivity contribution is -0.142. The molecule has 0 spiro atoms. The van der Waals surface area contributed by atoms with E-state index in [2.05, 4.69) is 4.72 Å². The Hall–Kier alpha value is -2.82. The highest BCUT2D eigenvalue weighted by Gasteiger charge is 2.24. The van der Waals surface area contributed by atoms with Crippen molar-refractivity contribution in [3.63, 3.8) is 0 Å². The number of carbonyl (C=O) groups excluding carboxylic acids is 1. The summed E-state index contributed by atoms with van der Waals surface area (Å²) in [5, 5.41) is 0. The van der Waals surface area contributed by atoms with E-state index in [1.54, 1.807) is 30.0 Å². The molecule has 2 aromatic rings. The lowest BCUT2D eigenvalue weighted by Crippen LogP contribution is -2.46. The topological polar surface area (TPSA) is 103 Å². The molecule has 2 aromatic carbocycles. The molecule has 1 amide bonds. The van der Waals surface area contributed by atoms with E-state index in [9.17, 15) is 13.2 Å². The summed E-state index contributed by atoms with van der Waals surface area (Å²) in [5.41, 5.74) is 0.753. The number of hydrogen-bond donors (Lipinski definition) is 1. The van der Waals surface area contributed by atoms with E-state index in [4.69, 9.17) is 18.9 Å². The Morgan fingerprint density at radius 1 is 1.10 bits per heavy atom. The van der Waals surface area contributed by atoms with Crippen molar-refractivity contribution in [2.75, 3.05) is 33.1 Å². The Labute approximate surface area is 180 Å². The van der Waals surface area contributed by atoms with Gasteiger partial charge in [0.25, 0.3) is 5.91 Å². The molecule has 2 heterocycles. The SMILES string of the molecule is C[C@H](Oc1ccc(S(=O)(=O)NCc2ccc3c(c2)OCO3)cc1)C(=O)N1CCOCC1. The highest BCUT2D eigenvalue weighted by molar-refractivity contribution is 7.89. The van der Waals surface area contributed by atoms with Gasteiger partial charge in [-0.15, -0.1) is 0 Å². The summed E-state index contributed by atoms with van der Waals surface area (Å²) in [5.74, 6) is 1.54. The third-order valence-corrected chi connectivity index (χ3v) is 6.44. The molecule has 4 rings (SSSR count). The monoisotopic (exact) mass is 448 g/mol. The van der Waals surface area contributed by atoms with Crippen LogP contribution in [-0.4, -0.2) is 58.4 Å². The first-order valence-electron chi connectivity index (χ1n) is 9.94. The van der Waals surface area contributed by atoms with E-state index in [0.717, 1.165) is 5.56 Å². The maximum atomic E-state index is 12.6. The summed E-state index contributed by atoms with van der Waals surface area (Å²) < 4.78 is 49.3. The molecule has 0 radical (unpaired) electrons. The number of morpholine rings is 1. The van der Waals surface area contributed by atoms with Gasteiger partial charge in [0, 0.05) is 19.6 Å². The van der Waals surface area contributed by atoms with Crippen LogP contribution in [-0.2, 0) is 26.1 Å². The standard InChI is InChI=1S/C21H24N2O7S/c1-15(21(24)23-8-10-27-11-9-23)30-17-3-5-18(6-4-17)31(25,26)22-13-16-2-7-19-20(12-16)29-14-28-19/h2-7,12,15,22H,8-11,13-14H2,1H3/t15-/m0/s1. The van der Waals surface area contributed by atoms with Gasteiger partial charge in [0.2, 0.25) is 16.8 Å². The minimum absolute atomic E-state index is 0.104. The minimum atomic E-state index is -3.72. The van der Waals surface area contributed by atoms with Crippen LogP contribution >= 0.6 is 0 Å². The molecule has 0 bridgehead atoms. The number of rotatable bonds is 7. The van der Waals surface area contributed by atoms with Gasteiger partial charge in [-0.3, -0.25) is 4.79 Å². The second-order valence-corrected chi connectivity index (χ2v) is 8.95. The molecule has 10 heteroatoms. The Morgan fingerprint density at radius 3 is 2.55 bits per heavy atom. The summed E-state index contributed by atoms with van der Waals surface area (Å²) in [6.07, 6.45) is -0.676. The first kappa shape index (κ1) is 21.4. The summed E-state index contributed by atoms with van der Waals surface area (Å²) >= 11 is 0. The fraction of sp³-hybridized carbons (Fsp3) is 0.381. The third-order valence-electron chi connectivity index (χ3n) is 5.02. The Kier molecular flexibility index (Phi) is 6.30. The smallest absolute Gasteiger partial charge is 0.263 e. The molecule has 2 aliphatic heterocycles. The average molecular weight is 448 g/mol. The van der Waals surface area contributed by atoms with Crippen LogP contribution in [0.2, 0.25) is 0 Å². The van der Waals surface area contributed by atoms with Gasteiger partial charge in [0.15, 0.2) is 17.6 Å². The molecule has 0 unspecified atom stereocenters. The number of nitrogens with zero attached hydrogens (tertiary/aromatic N) is 1. The number of carbonyl (C=O) groups is 1. The lowest BCUT2D eigenvalue weighted by atomic mass is 10.2. The van der Waals surface area contributed by atoms with E-state index in [0.29, 0.717) is 43.6 Å². The minimum Gasteiger partial charge on any atom is -0.481 e. The largest absolute Gasteiger partial charge is 0.481 e. The van der Waals surface area contributed by atoms with Crippen molar-refractivity contribution < 1.29 is 32.2 Å². The number of amides is 1. The zero-order valence-electron chi connectivity index (χ0n) is 17.1. The Morgan fingerprint density at radius 2 is 1.81 bits per heavy atom. The molecule has 9 nitrogen and oxygen atoms in total. The van der Waals surface area contributed by atoms with Gasteiger partial charge < -0.3 is 23.8 Å². The molecule has 0 aliphatic carbocycles. The van der Waals surface area contributed by atoms with Gasteiger partial charge in [-0.25, -0.2) is 13.1 Å². The Bertz CT molecular complexity index is 1030. The van der Waals surface area contributed by atoms with Crippen LogP contribution in [0.1, 0.15) is 12.5 Å². The van der Waals surface area contributed by atoms with Crippen molar-refractivity contribution >= 4 is 15.9 Å². The number of nitrogens with one attached hydrogen (secondary N) is 1. The molecule has 1 fully saturated rings. The molecule has 1 N–H and O–H groups in total. The van der Waals surface area contributed by atoms with Crippen molar-refractivity contribution in [2.24, 2.45) is 0 Å². The van der Waals surface area contributed by atoms with Crippen LogP contribution in [0.15, 0.2) is 47.4 Å². The molecular weight excluding hydrogens is 424 g/mol. The van der Waals surface area contributed by atoms with E-state index >= 15 is 0 Å². The van der Waals surface area contributed by atoms with Gasteiger partial charge in [-0.05, 0) is 48.9 Å². The molecule has 2 aliphatic rings. The molecule has 1 atom stereocenters. The van der Waals surface area contributed by atoms with Crippen LogP contribution < -0.4 is 18.9 Å². The molecule has 0 saturated carbocycles. The normalized spacial score (nSPS) is 16.7. The van der Waals surface area contributed by atoms with Crippen molar-refractivity contribution in [2.45, 2.75) is 24.5 Å². The summed E-state index contributed by atoms with van der Waals surface area (Å²) in [6.45, 7) is 4.07. The fourth-order valence-electron chi connectivity index (χ4n) is 3.31. The highest BCUT2D eigenvalue weighted by Crippen LogP contribution is 2.32. The molecular formula is C21H24N2O7S. The van der Waals surface area contributed by atoms with Gasteiger partial charge in [0.05, 0.1) is 18.1 Å². The molecule has 1 saturated heterocycles. The summed E-state index contributed by atoms with van der Waals surface area (Å²) in [6, 6.07) is 11.2. The predicted molar refractivity (Wildman–Crippen MR) is 111 cm³/mol. The van der Waals surface area contributed by atoms with Crippen molar-refractivity contribution in [1.82, 2.24) is 9.62 Å². The highest BCUT2D eigenvalue weighted by atomic mass is 32.2. The van der Waals surface area contributed by atoms with E-state index in [1.165, 1.54) is 24.3 Å². The predicted octanol–water partition coefficient (Wildman–Crippen LogP) is 1.52. The maximum absolute atomic E-state index is 12.6. The van der Waals surface area contributed by atoms with Gasteiger partial charge in [-0.1, -0.05) is 6.07 Å². The summed E-state index contributed by atoms with van der Waals surface area (Å²) in [4.78, 5) is 14.2. The molecule has 0 aromatic heterocycles.